The molecule has 0 fully saturated rings. The van der Waals surface area contributed by atoms with E-state index in [0.717, 1.165) is 0 Å². The van der Waals surface area contributed by atoms with Crippen molar-refractivity contribution >= 4 is 22.7 Å². The highest BCUT2D eigenvalue weighted by Gasteiger charge is 2.05. The zero-order valence-electron chi connectivity index (χ0n) is 7.50. The third-order valence-electron chi connectivity index (χ3n) is 1.00. The zero-order chi connectivity index (χ0) is 10.3. The maximum absolute atomic E-state index is 10.9. The minimum Gasteiger partial charge on any atom is -0.461 e. The number of nitrogens with two attached hydrogens (primary N) is 1. The number of hydrazone groups is 1. The molecular formula is C7H12ClN3O2. The Kier molecular flexibility index (Phi) is 5.71. The number of carbonyl (C=O) groups is 1. The number of hydrogen-bond acceptors (Lipinski definition) is 5. The predicted molar refractivity (Wildman–Crippen MR) is 51.3 cm³/mol. The summed E-state index contributed by atoms with van der Waals surface area (Å²) in [4.78, 5) is 10.9. The Morgan fingerprint density at radius 1 is 1.77 bits per heavy atom. The number of hydrogen-bond donors (Lipinski definition) is 2. The number of carbonyl (C=O) groups excluding carboxylic acids is 1. The topological polar surface area (TPSA) is 76.7 Å². The Bertz CT molecular complexity index is 238. The summed E-state index contributed by atoms with van der Waals surface area (Å²) < 4.78 is 4.62. The van der Waals surface area contributed by atoms with Crippen molar-refractivity contribution in [3.05, 3.63) is 11.8 Å². The second-order valence-corrected chi connectivity index (χ2v) is 2.37. The number of halogens is 1. The van der Waals surface area contributed by atoms with Crippen LogP contribution >= 0.6 is 11.6 Å². The standard InChI is InChI=1S/C7H12ClN3O2/c1-3-13-7(12)5(9)4-6(8)11-10-2/h4,10H,3,9H2,1-2H3. The summed E-state index contributed by atoms with van der Waals surface area (Å²) in [5.41, 5.74) is 7.70. The van der Waals surface area contributed by atoms with Crippen molar-refractivity contribution in [1.82, 2.24) is 5.43 Å². The largest absolute Gasteiger partial charge is 0.461 e. The molecule has 0 aliphatic carbocycles. The molecule has 0 aromatic heterocycles. The van der Waals surface area contributed by atoms with Crippen LogP contribution in [0.25, 0.3) is 0 Å². The molecule has 0 heterocycles. The van der Waals surface area contributed by atoms with Gasteiger partial charge in [0.1, 0.15) is 5.70 Å². The third-order valence-corrected chi connectivity index (χ3v) is 1.20. The summed E-state index contributed by atoms with van der Waals surface area (Å²) in [5, 5.41) is 3.67. The van der Waals surface area contributed by atoms with Gasteiger partial charge in [-0.3, -0.25) is 0 Å². The Labute approximate surface area is 81.6 Å². The van der Waals surface area contributed by atoms with Crippen LogP contribution in [0.1, 0.15) is 6.92 Å². The van der Waals surface area contributed by atoms with Gasteiger partial charge in [0.2, 0.25) is 0 Å². The summed E-state index contributed by atoms with van der Waals surface area (Å²) in [6, 6.07) is 0. The van der Waals surface area contributed by atoms with Gasteiger partial charge in [0.05, 0.1) is 6.61 Å². The van der Waals surface area contributed by atoms with E-state index in [1.165, 1.54) is 6.08 Å². The normalized spacial score (nSPS) is 12.5. The average molecular weight is 206 g/mol. The van der Waals surface area contributed by atoms with E-state index in [2.05, 4.69) is 15.3 Å². The summed E-state index contributed by atoms with van der Waals surface area (Å²) in [6.07, 6.45) is 1.22. The van der Waals surface area contributed by atoms with E-state index in [9.17, 15) is 4.79 Å². The lowest BCUT2D eigenvalue weighted by Gasteiger charge is -2.00. The minimum atomic E-state index is -0.605. The molecule has 5 nitrogen and oxygen atoms in total. The van der Waals surface area contributed by atoms with E-state index in [1.807, 2.05) is 0 Å². The second kappa shape index (κ2) is 6.30. The van der Waals surface area contributed by atoms with Gasteiger partial charge in [-0.05, 0) is 6.92 Å². The van der Waals surface area contributed by atoms with Crippen molar-refractivity contribution in [3.63, 3.8) is 0 Å². The van der Waals surface area contributed by atoms with Crippen LogP contribution in [0, 0.1) is 0 Å². The summed E-state index contributed by atoms with van der Waals surface area (Å²) in [5.74, 6) is -0.605. The predicted octanol–water partition coefficient (Wildman–Crippen LogP) is 0.164. The van der Waals surface area contributed by atoms with Crippen LogP contribution < -0.4 is 11.2 Å². The molecule has 3 N–H and O–H groups in total. The lowest BCUT2D eigenvalue weighted by molar-refractivity contribution is -0.138. The molecule has 0 aliphatic heterocycles. The molecule has 6 heteroatoms. The van der Waals surface area contributed by atoms with E-state index in [1.54, 1.807) is 14.0 Å². The van der Waals surface area contributed by atoms with E-state index >= 15 is 0 Å². The first kappa shape index (κ1) is 11.8. The van der Waals surface area contributed by atoms with Crippen molar-refractivity contribution in [3.8, 4) is 0 Å². The van der Waals surface area contributed by atoms with Crippen LogP contribution in [0.5, 0.6) is 0 Å². The first-order chi connectivity index (χ1) is 6.11. The fourth-order valence-electron chi connectivity index (χ4n) is 0.541. The van der Waals surface area contributed by atoms with Gasteiger partial charge >= 0.3 is 5.97 Å². The Hall–Kier alpha value is -1.23. The Morgan fingerprint density at radius 3 is 2.85 bits per heavy atom. The van der Waals surface area contributed by atoms with Gasteiger partial charge in [0.15, 0.2) is 5.17 Å². The number of rotatable bonds is 4. The Morgan fingerprint density at radius 2 is 2.38 bits per heavy atom. The molecule has 0 radical (unpaired) electrons. The average Bonchev–Trinajstić information content (AvgIpc) is 2.05. The van der Waals surface area contributed by atoms with E-state index in [4.69, 9.17) is 17.3 Å². The van der Waals surface area contributed by atoms with Crippen LogP contribution in [0.2, 0.25) is 0 Å². The fraction of sp³-hybridized carbons (Fsp3) is 0.429. The van der Waals surface area contributed by atoms with Crippen molar-refractivity contribution in [2.75, 3.05) is 13.7 Å². The van der Waals surface area contributed by atoms with Crippen molar-refractivity contribution in [2.45, 2.75) is 6.92 Å². The lowest BCUT2D eigenvalue weighted by atomic mass is 10.4. The van der Waals surface area contributed by atoms with E-state index in [0.29, 0.717) is 0 Å². The van der Waals surface area contributed by atoms with Crippen LogP contribution in [0.4, 0.5) is 0 Å². The maximum atomic E-state index is 10.9. The molecule has 0 rings (SSSR count). The molecule has 0 unspecified atom stereocenters. The molecule has 0 saturated carbocycles. The van der Waals surface area contributed by atoms with Crippen LogP contribution in [-0.2, 0) is 9.53 Å². The highest BCUT2D eigenvalue weighted by atomic mass is 35.5. The van der Waals surface area contributed by atoms with Crippen molar-refractivity contribution in [2.24, 2.45) is 10.8 Å². The zero-order valence-corrected chi connectivity index (χ0v) is 8.26. The third kappa shape index (κ3) is 5.08. The van der Waals surface area contributed by atoms with Gasteiger partial charge in [-0.15, -0.1) is 0 Å². The molecule has 74 valence electrons. The van der Waals surface area contributed by atoms with Gasteiger partial charge < -0.3 is 15.9 Å². The lowest BCUT2D eigenvalue weighted by Crippen LogP contribution is -2.15. The van der Waals surface area contributed by atoms with Crippen LogP contribution in [0.3, 0.4) is 0 Å². The first-order valence-electron chi connectivity index (χ1n) is 3.66. The van der Waals surface area contributed by atoms with Crippen LogP contribution in [-0.4, -0.2) is 24.8 Å². The molecule has 0 saturated heterocycles. The molecule has 0 aliphatic rings. The minimum absolute atomic E-state index is 0.0779. The number of nitrogens with zero attached hydrogens (tertiary/aromatic N) is 1. The van der Waals surface area contributed by atoms with Crippen molar-refractivity contribution < 1.29 is 9.53 Å². The number of nitrogens with one attached hydrogen (secondary N) is 1. The molecular weight excluding hydrogens is 194 g/mol. The number of esters is 1. The molecule has 0 aromatic rings. The molecule has 0 amide bonds. The van der Waals surface area contributed by atoms with E-state index in [-0.39, 0.29) is 17.5 Å². The molecule has 0 spiro atoms. The van der Waals surface area contributed by atoms with E-state index < -0.39 is 5.97 Å². The highest BCUT2D eigenvalue weighted by Crippen LogP contribution is 1.94. The molecule has 0 aromatic carbocycles. The monoisotopic (exact) mass is 205 g/mol. The fourth-order valence-corrected chi connectivity index (χ4v) is 0.743. The van der Waals surface area contributed by atoms with Crippen molar-refractivity contribution in [1.29, 1.82) is 0 Å². The number of ether oxygens (including phenoxy) is 1. The summed E-state index contributed by atoms with van der Waals surface area (Å²) in [7, 11) is 1.58. The Balaban J connectivity index is 4.31. The van der Waals surface area contributed by atoms with Gasteiger partial charge in [0.25, 0.3) is 0 Å². The summed E-state index contributed by atoms with van der Waals surface area (Å²) in [6.45, 7) is 1.96. The van der Waals surface area contributed by atoms with Gasteiger partial charge in [-0.1, -0.05) is 11.6 Å². The highest BCUT2D eigenvalue weighted by molar-refractivity contribution is 6.68. The van der Waals surface area contributed by atoms with Gasteiger partial charge in [-0.25, -0.2) is 4.79 Å². The maximum Gasteiger partial charge on any atom is 0.354 e. The first-order valence-corrected chi connectivity index (χ1v) is 4.03. The molecule has 0 bridgehead atoms. The van der Waals surface area contributed by atoms with Gasteiger partial charge in [-0.2, -0.15) is 5.10 Å². The number of allylic oxidation sites excluding steroid dienone is 1. The van der Waals surface area contributed by atoms with Gasteiger partial charge in [0, 0.05) is 13.1 Å². The summed E-state index contributed by atoms with van der Waals surface area (Å²) >= 11 is 5.54. The molecule has 0 atom stereocenters. The quantitative estimate of drug-likeness (QED) is 0.297. The second-order valence-electron chi connectivity index (χ2n) is 1.98. The molecule has 13 heavy (non-hydrogen) atoms. The smallest absolute Gasteiger partial charge is 0.354 e. The van der Waals surface area contributed by atoms with Crippen LogP contribution in [0.15, 0.2) is 16.9 Å². The SMILES string of the molecule is CCOC(=O)C(N)=CC(Cl)=NNC.